The van der Waals surface area contributed by atoms with Gasteiger partial charge in [0.1, 0.15) is 0 Å². The third-order valence-corrected chi connectivity index (χ3v) is 4.98. The topological polar surface area (TPSA) is 49.4 Å². The Kier molecular flexibility index (Phi) is 6.65. The second-order valence-corrected chi connectivity index (χ2v) is 7.23. The summed E-state index contributed by atoms with van der Waals surface area (Å²) in [7, 11) is 1.79. The van der Waals surface area contributed by atoms with Crippen molar-refractivity contribution >= 4 is 29.3 Å². The Bertz CT molecular complexity index is 742. The summed E-state index contributed by atoms with van der Waals surface area (Å²) in [5.41, 5.74) is 2.56. The number of thioether (sulfide) groups is 1. The molecule has 0 aliphatic carbocycles. The minimum atomic E-state index is -0.0895. The number of amides is 2. The van der Waals surface area contributed by atoms with Crippen LogP contribution < -0.4 is 5.32 Å². The van der Waals surface area contributed by atoms with Gasteiger partial charge in [0.15, 0.2) is 0 Å². The molecular formula is C20H24N2O2S. The monoisotopic (exact) mass is 356 g/mol. The smallest absolute Gasteiger partial charge is 0.254 e. The molecule has 1 N–H and O–H groups in total. The van der Waals surface area contributed by atoms with Gasteiger partial charge in [-0.3, -0.25) is 9.59 Å². The molecule has 0 spiro atoms. The molecule has 0 aliphatic heterocycles. The minimum Gasteiger partial charge on any atom is -0.339 e. The number of nitrogens with zero attached hydrogens (tertiary/aromatic N) is 1. The number of carbonyl (C=O) groups is 2. The maximum absolute atomic E-state index is 12.6. The first-order chi connectivity index (χ1) is 11.9. The molecule has 0 fully saturated rings. The van der Waals surface area contributed by atoms with E-state index in [1.165, 1.54) is 11.8 Å². The molecule has 0 saturated carbocycles. The highest BCUT2D eigenvalue weighted by Crippen LogP contribution is 2.24. The summed E-state index contributed by atoms with van der Waals surface area (Å²) in [5.74, 6) is 0.133. The summed E-state index contributed by atoms with van der Waals surface area (Å²) in [6.45, 7) is 5.95. The average Bonchev–Trinajstić information content (AvgIpc) is 2.61. The van der Waals surface area contributed by atoms with E-state index < -0.39 is 0 Å². The SMILES string of the molecule is Cc1ccc(NC(=O)CSc2ccccc2C(=O)N(C)C(C)C)cc1. The Labute approximate surface area is 153 Å². The van der Waals surface area contributed by atoms with Gasteiger partial charge in [-0.05, 0) is 45.0 Å². The molecule has 0 bridgehead atoms. The van der Waals surface area contributed by atoms with Crippen LogP contribution in [0.1, 0.15) is 29.8 Å². The van der Waals surface area contributed by atoms with Gasteiger partial charge in [0.25, 0.3) is 5.91 Å². The highest BCUT2D eigenvalue weighted by Gasteiger charge is 2.18. The van der Waals surface area contributed by atoms with Crippen molar-refractivity contribution in [1.82, 2.24) is 4.90 Å². The van der Waals surface area contributed by atoms with Crippen molar-refractivity contribution in [1.29, 1.82) is 0 Å². The molecule has 25 heavy (non-hydrogen) atoms. The third-order valence-electron chi connectivity index (χ3n) is 3.91. The highest BCUT2D eigenvalue weighted by molar-refractivity contribution is 8.00. The maximum Gasteiger partial charge on any atom is 0.254 e. The molecule has 132 valence electrons. The lowest BCUT2D eigenvalue weighted by molar-refractivity contribution is -0.113. The van der Waals surface area contributed by atoms with E-state index in [2.05, 4.69) is 5.32 Å². The zero-order valence-electron chi connectivity index (χ0n) is 15.1. The van der Waals surface area contributed by atoms with E-state index in [1.807, 2.05) is 63.2 Å². The molecule has 2 rings (SSSR count). The Morgan fingerprint density at radius 2 is 1.72 bits per heavy atom. The van der Waals surface area contributed by atoms with Crippen molar-refractivity contribution in [2.75, 3.05) is 18.1 Å². The number of benzene rings is 2. The van der Waals surface area contributed by atoms with Crippen LogP contribution in [0.3, 0.4) is 0 Å². The maximum atomic E-state index is 12.6. The van der Waals surface area contributed by atoms with Gasteiger partial charge in [-0.2, -0.15) is 0 Å². The molecule has 2 amide bonds. The zero-order valence-corrected chi connectivity index (χ0v) is 15.9. The molecule has 0 atom stereocenters. The van der Waals surface area contributed by atoms with Gasteiger partial charge in [0.05, 0.1) is 11.3 Å². The summed E-state index contributed by atoms with van der Waals surface area (Å²) in [4.78, 5) is 27.3. The second kappa shape index (κ2) is 8.72. The van der Waals surface area contributed by atoms with Crippen LogP contribution in [0.2, 0.25) is 0 Å². The van der Waals surface area contributed by atoms with E-state index in [0.29, 0.717) is 5.56 Å². The number of nitrogens with one attached hydrogen (secondary N) is 1. The highest BCUT2D eigenvalue weighted by atomic mass is 32.2. The fraction of sp³-hybridized carbons (Fsp3) is 0.300. The lowest BCUT2D eigenvalue weighted by atomic mass is 10.2. The minimum absolute atomic E-state index is 0.0305. The molecule has 4 nitrogen and oxygen atoms in total. The molecule has 0 radical (unpaired) electrons. The number of aryl methyl sites for hydroxylation is 1. The predicted molar refractivity (Wildman–Crippen MR) is 104 cm³/mol. The van der Waals surface area contributed by atoms with Gasteiger partial charge in [-0.1, -0.05) is 29.8 Å². The predicted octanol–water partition coefficient (Wildman–Crippen LogP) is 4.21. The van der Waals surface area contributed by atoms with Crippen molar-refractivity contribution in [3.8, 4) is 0 Å². The van der Waals surface area contributed by atoms with Crippen LogP contribution in [0, 0.1) is 6.92 Å². The molecule has 5 heteroatoms. The van der Waals surface area contributed by atoms with E-state index in [-0.39, 0.29) is 23.6 Å². The van der Waals surface area contributed by atoms with E-state index in [0.717, 1.165) is 16.1 Å². The van der Waals surface area contributed by atoms with Gasteiger partial charge >= 0.3 is 0 Å². The van der Waals surface area contributed by atoms with Gasteiger partial charge in [0.2, 0.25) is 5.91 Å². The first-order valence-electron chi connectivity index (χ1n) is 8.24. The van der Waals surface area contributed by atoms with Crippen LogP contribution in [0.25, 0.3) is 0 Å². The van der Waals surface area contributed by atoms with Crippen LogP contribution in [-0.4, -0.2) is 35.6 Å². The molecule has 2 aromatic carbocycles. The number of anilines is 1. The van der Waals surface area contributed by atoms with Gasteiger partial charge in [-0.15, -0.1) is 11.8 Å². The van der Waals surface area contributed by atoms with E-state index in [9.17, 15) is 9.59 Å². The van der Waals surface area contributed by atoms with Crippen LogP contribution in [-0.2, 0) is 4.79 Å². The van der Waals surface area contributed by atoms with E-state index in [1.54, 1.807) is 18.0 Å². The average molecular weight is 356 g/mol. The van der Waals surface area contributed by atoms with Crippen molar-refractivity contribution in [3.63, 3.8) is 0 Å². The zero-order chi connectivity index (χ0) is 18.4. The molecular weight excluding hydrogens is 332 g/mol. The summed E-state index contributed by atoms with van der Waals surface area (Å²) >= 11 is 1.38. The molecule has 0 heterocycles. The lowest BCUT2D eigenvalue weighted by Gasteiger charge is -2.22. The van der Waals surface area contributed by atoms with Crippen LogP contribution in [0.15, 0.2) is 53.4 Å². The van der Waals surface area contributed by atoms with Gasteiger partial charge in [0, 0.05) is 23.7 Å². The Hall–Kier alpha value is -2.27. The van der Waals surface area contributed by atoms with Gasteiger partial charge < -0.3 is 10.2 Å². The molecule has 0 aromatic heterocycles. The summed E-state index contributed by atoms with van der Waals surface area (Å²) in [6.07, 6.45) is 0. The van der Waals surface area contributed by atoms with E-state index >= 15 is 0 Å². The summed E-state index contributed by atoms with van der Waals surface area (Å²) in [5, 5.41) is 2.87. The Balaban J connectivity index is 2.02. The molecule has 0 saturated heterocycles. The first-order valence-corrected chi connectivity index (χ1v) is 9.22. The standard InChI is InChI=1S/C20H24N2O2S/c1-14(2)22(4)20(24)17-7-5-6-8-18(17)25-13-19(23)21-16-11-9-15(3)10-12-16/h5-12,14H,13H2,1-4H3,(H,21,23). The summed E-state index contributed by atoms with van der Waals surface area (Å²) < 4.78 is 0. The normalized spacial score (nSPS) is 10.6. The lowest BCUT2D eigenvalue weighted by Crippen LogP contribution is -2.33. The van der Waals surface area contributed by atoms with Crippen molar-refractivity contribution < 1.29 is 9.59 Å². The van der Waals surface area contributed by atoms with Crippen LogP contribution >= 0.6 is 11.8 Å². The van der Waals surface area contributed by atoms with Crippen molar-refractivity contribution in [3.05, 3.63) is 59.7 Å². The second-order valence-electron chi connectivity index (χ2n) is 6.21. The first kappa shape index (κ1) is 19.1. The molecule has 2 aromatic rings. The largest absolute Gasteiger partial charge is 0.339 e. The fourth-order valence-corrected chi connectivity index (χ4v) is 3.02. The van der Waals surface area contributed by atoms with Crippen molar-refractivity contribution in [2.45, 2.75) is 31.7 Å². The van der Waals surface area contributed by atoms with Crippen LogP contribution in [0.5, 0.6) is 0 Å². The Morgan fingerprint density at radius 3 is 2.36 bits per heavy atom. The Morgan fingerprint density at radius 1 is 1.08 bits per heavy atom. The quantitative estimate of drug-likeness (QED) is 0.789. The van der Waals surface area contributed by atoms with Gasteiger partial charge in [-0.25, -0.2) is 0 Å². The summed E-state index contributed by atoms with van der Waals surface area (Å²) in [6, 6.07) is 15.2. The third kappa shape index (κ3) is 5.36. The fourth-order valence-electron chi connectivity index (χ4n) is 2.17. The number of carbonyl (C=O) groups excluding carboxylic acids is 2. The molecule has 0 unspecified atom stereocenters. The van der Waals surface area contributed by atoms with E-state index in [4.69, 9.17) is 0 Å². The van der Waals surface area contributed by atoms with Crippen LogP contribution in [0.4, 0.5) is 5.69 Å². The molecule has 0 aliphatic rings. The number of hydrogen-bond acceptors (Lipinski definition) is 3. The van der Waals surface area contributed by atoms with Crippen molar-refractivity contribution in [2.24, 2.45) is 0 Å². The number of rotatable bonds is 6. The number of hydrogen-bond donors (Lipinski definition) is 1.